The van der Waals surface area contributed by atoms with Crippen molar-refractivity contribution >= 4 is 18.6 Å². The van der Waals surface area contributed by atoms with Crippen LogP contribution in [-0.2, 0) is 13.6 Å². The largest absolute Gasteiger partial charge is 0.398 e. The van der Waals surface area contributed by atoms with Crippen molar-refractivity contribution in [1.29, 1.82) is 0 Å². The quantitative estimate of drug-likeness (QED) is 0.640. The monoisotopic (exact) mass is 247 g/mol. The van der Waals surface area contributed by atoms with Crippen LogP contribution in [0.25, 0.3) is 0 Å². The van der Waals surface area contributed by atoms with Crippen molar-refractivity contribution in [2.24, 2.45) is 0 Å². The molecule has 0 heterocycles. The molecule has 16 heavy (non-hydrogen) atoms. The Kier molecular flexibility index (Phi) is 4.47. The van der Waals surface area contributed by atoms with Crippen LogP contribution in [0.2, 0.25) is 0 Å². The number of hydrogen-bond donors (Lipinski definition) is 1. The van der Waals surface area contributed by atoms with Crippen molar-refractivity contribution in [3.05, 3.63) is 24.0 Å². The lowest BCUT2D eigenvalue weighted by Crippen LogP contribution is -2.15. The summed E-state index contributed by atoms with van der Waals surface area (Å²) in [6.07, 6.45) is 0. The molecule has 0 spiro atoms. The van der Waals surface area contributed by atoms with E-state index in [0.717, 1.165) is 6.07 Å². The highest BCUT2D eigenvalue weighted by atomic mass is 31.2. The van der Waals surface area contributed by atoms with E-state index in [1.165, 1.54) is 12.1 Å². The Balaban J connectivity index is 3.15. The number of nitrogen functional groups attached to an aromatic ring is 1. The zero-order chi connectivity index (χ0) is 12.2. The van der Waals surface area contributed by atoms with Crippen molar-refractivity contribution in [3.63, 3.8) is 0 Å². The van der Waals surface area contributed by atoms with Crippen molar-refractivity contribution in [2.45, 2.75) is 13.8 Å². The van der Waals surface area contributed by atoms with Crippen molar-refractivity contribution in [3.8, 4) is 0 Å². The Morgan fingerprint density at radius 3 is 2.31 bits per heavy atom. The molecular weight excluding hydrogens is 232 g/mol. The average molecular weight is 247 g/mol. The van der Waals surface area contributed by atoms with Crippen molar-refractivity contribution in [2.75, 3.05) is 18.9 Å². The van der Waals surface area contributed by atoms with Gasteiger partial charge in [-0.1, -0.05) is 0 Å². The fourth-order valence-corrected chi connectivity index (χ4v) is 2.96. The predicted octanol–water partition coefficient (Wildman–Crippen LogP) is 2.30. The Labute approximate surface area is 94.1 Å². The van der Waals surface area contributed by atoms with Gasteiger partial charge in [0.15, 0.2) is 0 Å². The topological polar surface area (TPSA) is 61.5 Å². The first kappa shape index (κ1) is 13.2. The molecule has 2 N–H and O–H groups in total. The standard InChI is InChI=1S/C10H15FNO3P/c1-3-14-16(13,15-4-2)10-6-5-8(11)7-9(10)12/h5-7H,3-4,12H2,1-2H3. The van der Waals surface area contributed by atoms with Gasteiger partial charge in [-0.3, -0.25) is 4.57 Å². The molecule has 1 aromatic rings. The second-order valence-corrected chi connectivity index (χ2v) is 5.03. The normalized spacial score (nSPS) is 11.7. The van der Waals surface area contributed by atoms with Crippen LogP contribution in [0.1, 0.15) is 13.8 Å². The maximum Gasteiger partial charge on any atom is 0.363 e. The minimum Gasteiger partial charge on any atom is -0.398 e. The molecule has 0 fully saturated rings. The molecule has 0 saturated heterocycles. The zero-order valence-corrected chi connectivity index (χ0v) is 10.2. The molecule has 1 aromatic carbocycles. The summed E-state index contributed by atoms with van der Waals surface area (Å²) in [6.45, 7) is 3.86. The summed E-state index contributed by atoms with van der Waals surface area (Å²) < 4.78 is 35.4. The second kappa shape index (κ2) is 5.43. The molecule has 0 aliphatic carbocycles. The van der Waals surface area contributed by atoms with Crippen LogP contribution >= 0.6 is 7.60 Å². The highest BCUT2D eigenvalue weighted by molar-refractivity contribution is 7.62. The van der Waals surface area contributed by atoms with Crippen molar-refractivity contribution in [1.82, 2.24) is 0 Å². The molecule has 0 aliphatic rings. The predicted molar refractivity (Wildman–Crippen MR) is 61.3 cm³/mol. The van der Waals surface area contributed by atoms with Gasteiger partial charge >= 0.3 is 7.60 Å². The third kappa shape index (κ3) is 2.82. The van der Waals surface area contributed by atoms with Gasteiger partial charge in [0.2, 0.25) is 0 Å². The van der Waals surface area contributed by atoms with Gasteiger partial charge in [-0.05, 0) is 32.0 Å². The Morgan fingerprint density at radius 2 is 1.88 bits per heavy atom. The second-order valence-electron chi connectivity index (χ2n) is 3.04. The summed E-state index contributed by atoms with van der Waals surface area (Å²) >= 11 is 0. The molecule has 0 aliphatic heterocycles. The lowest BCUT2D eigenvalue weighted by Gasteiger charge is -2.18. The number of halogens is 1. The van der Waals surface area contributed by atoms with E-state index in [2.05, 4.69) is 0 Å². The number of benzene rings is 1. The fourth-order valence-electron chi connectivity index (χ4n) is 1.29. The first-order chi connectivity index (χ1) is 7.53. The van der Waals surface area contributed by atoms with Gasteiger partial charge < -0.3 is 14.8 Å². The molecule has 0 aromatic heterocycles. The van der Waals surface area contributed by atoms with Crippen LogP contribution < -0.4 is 11.0 Å². The summed E-state index contributed by atoms with van der Waals surface area (Å²) in [7, 11) is -3.42. The van der Waals surface area contributed by atoms with Gasteiger partial charge in [0.25, 0.3) is 0 Å². The molecule has 0 radical (unpaired) electrons. The molecule has 0 bridgehead atoms. The van der Waals surface area contributed by atoms with E-state index in [9.17, 15) is 8.96 Å². The number of nitrogens with two attached hydrogens (primary N) is 1. The highest BCUT2D eigenvalue weighted by Gasteiger charge is 2.29. The number of rotatable bonds is 5. The molecule has 6 heteroatoms. The number of hydrogen-bond acceptors (Lipinski definition) is 4. The van der Waals surface area contributed by atoms with E-state index in [1.807, 2.05) is 0 Å². The minimum absolute atomic E-state index is 0.0743. The summed E-state index contributed by atoms with van der Waals surface area (Å²) in [4.78, 5) is 0. The average Bonchev–Trinajstić information content (AvgIpc) is 2.17. The molecular formula is C10H15FNO3P. The Hall–Kier alpha value is -0.900. The summed E-state index contributed by atoms with van der Waals surface area (Å²) in [5.41, 5.74) is 5.67. The van der Waals surface area contributed by atoms with E-state index >= 15 is 0 Å². The van der Waals surface area contributed by atoms with E-state index < -0.39 is 13.4 Å². The van der Waals surface area contributed by atoms with E-state index in [-0.39, 0.29) is 24.2 Å². The lowest BCUT2D eigenvalue weighted by molar-refractivity contribution is 0.230. The first-order valence-electron chi connectivity index (χ1n) is 4.98. The van der Waals surface area contributed by atoms with Gasteiger partial charge in [0.1, 0.15) is 5.82 Å². The smallest absolute Gasteiger partial charge is 0.363 e. The van der Waals surface area contributed by atoms with Gasteiger partial charge in [0, 0.05) is 5.69 Å². The minimum atomic E-state index is -3.42. The molecule has 0 saturated carbocycles. The fraction of sp³-hybridized carbons (Fsp3) is 0.400. The Morgan fingerprint density at radius 1 is 1.31 bits per heavy atom. The molecule has 0 unspecified atom stereocenters. The maximum absolute atomic E-state index is 12.9. The van der Waals surface area contributed by atoms with Crippen LogP contribution in [0.5, 0.6) is 0 Å². The zero-order valence-electron chi connectivity index (χ0n) is 9.27. The van der Waals surface area contributed by atoms with Crippen LogP contribution in [0, 0.1) is 5.82 Å². The van der Waals surface area contributed by atoms with Crippen molar-refractivity contribution < 1.29 is 18.0 Å². The molecule has 90 valence electrons. The van der Waals surface area contributed by atoms with Crippen LogP contribution in [-0.4, -0.2) is 13.2 Å². The van der Waals surface area contributed by atoms with Gasteiger partial charge in [0.05, 0.1) is 18.5 Å². The maximum atomic E-state index is 12.9. The van der Waals surface area contributed by atoms with Gasteiger partial charge in [-0.15, -0.1) is 0 Å². The summed E-state index contributed by atoms with van der Waals surface area (Å²) in [6, 6.07) is 3.60. The number of anilines is 1. The van der Waals surface area contributed by atoms with E-state index in [0.29, 0.717) is 0 Å². The van der Waals surface area contributed by atoms with Gasteiger partial charge in [-0.25, -0.2) is 4.39 Å². The molecule has 0 atom stereocenters. The molecule has 1 rings (SSSR count). The molecule has 4 nitrogen and oxygen atoms in total. The Bertz CT molecular complexity index is 401. The van der Waals surface area contributed by atoms with Crippen LogP contribution in [0.3, 0.4) is 0 Å². The van der Waals surface area contributed by atoms with E-state index in [4.69, 9.17) is 14.8 Å². The molecule has 0 amide bonds. The van der Waals surface area contributed by atoms with Gasteiger partial charge in [-0.2, -0.15) is 0 Å². The lowest BCUT2D eigenvalue weighted by atomic mass is 10.3. The highest BCUT2D eigenvalue weighted by Crippen LogP contribution is 2.48. The summed E-state index contributed by atoms with van der Waals surface area (Å²) in [5, 5.41) is 0.206. The third-order valence-corrected chi connectivity index (χ3v) is 4.08. The first-order valence-corrected chi connectivity index (χ1v) is 6.52. The van der Waals surface area contributed by atoms with Crippen LogP contribution in [0.4, 0.5) is 10.1 Å². The SMILES string of the molecule is CCOP(=O)(OCC)c1ccc(F)cc1N. The van der Waals surface area contributed by atoms with Crippen LogP contribution in [0.15, 0.2) is 18.2 Å². The summed E-state index contributed by atoms with van der Waals surface area (Å²) in [5.74, 6) is -0.485. The van der Waals surface area contributed by atoms with E-state index in [1.54, 1.807) is 13.8 Å². The third-order valence-electron chi connectivity index (χ3n) is 1.88.